The van der Waals surface area contributed by atoms with E-state index in [9.17, 15) is 0 Å². The van der Waals surface area contributed by atoms with Gasteiger partial charge in [-0.1, -0.05) is 19.1 Å². The second kappa shape index (κ2) is 8.58. The minimum atomic E-state index is 0.766. The van der Waals surface area contributed by atoms with E-state index in [2.05, 4.69) is 47.7 Å². The lowest BCUT2D eigenvalue weighted by molar-refractivity contribution is 0.317. The Balaban J connectivity index is 1.52. The maximum atomic E-state index is 5.69. The van der Waals surface area contributed by atoms with Crippen molar-refractivity contribution in [2.24, 2.45) is 0 Å². The molecule has 1 aromatic heterocycles. The summed E-state index contributed by atoms with van der Waals surface area (Å²) in [6.07, 6.45) is 4.10. The van der Waals surface area contributed by atoms with Gasteiger partial charge in [0.25, 0.3) is 0 Å². The molecule has 0 aliphatic carbocycles. The molecule has 132 valence electrons. The molecule has 3 rings (SSSR count). The molecule has 0 bridgehead atoms. The van der Waals surface area contributed by atoms with Crippen LogP contribution in [0.5, 0.6) is 11.5 Å². The van der Waals surface area contributed by atoms with Crippen molar-refractivity contribution in [2.75, 3.05) is 20.3 Å². The largest absolute Gasteiger partial charge is 0.497 e. The molecule has 0 atom stereocenters. The van der Waals surface area contributed by atoms with E-state index in [0.29, 0.717) is 0 Å². The van der Waals surface area contributed by atoms with Crippen LogP contribution in [0.1, 0.15) is 24.5 Å². The topological polar surface area (TPSA) is 46.3 Å². The van der Waals surface area contributed by atoms with Gasteiger partial charge in [-0.15, -0.1) is 0 Å². The van der Waals surface area contributed by atoms with Crippen LogP contribution in [-0.4, -0.2) is 25.2 Å². The second-order valence-electron chi connectivity index (χ2n) is 6.15. The fourth-order valence-electron chi connectivity index (χ4n) is 2.92. The van der Waals surface area contributed by atoms with Gasteiger partial charge in [-0.3, -0.25) is 0 Å². The Morgan fingerprint density at radius 3 is 2.84 bits per heavy atom. The smallest absolute Gasteiger partial charge is 0.120 e. The Hall–Kier alpha value is -2.46. The van der Waals surface area contributed by atoms with Crippen molar-refractivity contribution in [2.45, 2.75) is 26.3 Å². The van der Waals surface area contributed by atoms with Gasteiger partial charge in [-0.25, -0.2) is 0 Å². The normalized spacial score (nSPS) is 11.0. The van der Waals surface area contributed by atoms with Gasteiger partial charge < -0.3 is 19.8 Å². The highest BCUT2D eigenvalue weighted by Crippen LogP contribution is 2.23. The van der Waals surface area contributed by atoms with Gasteiger partial charge >= 0.3 is 0 Å². The third-order valence-corrected chi connectivity index (χ3v) is 4.25. The average Bonchev–Trinajstić information content (AvgIpc) is 3.06. The Labute approximate surface area is 149 Å². The average molecular weight is 338 g/mol. The zero-order chi connectivity index (χ0) is 17.5. The molecule has 4 nitrogen and oxygen atoms in total. The molecule has 0 fully saturated rings. The summed E-state index contributed by atoms with van der Waals surface area (Å²) < 4.78 is 11.0. The number of fused-ring (bicyclic) bond motifs is 1. The van der Waals surface area contributed by atoms with Crippen molar-refractivity contribution in [1.82, 2.24) is 10.3 Å². The number of aromatic amines is 1. The number of rotatable bonds is 9. The molecule has 2 N–H and O–H groups in total. The molecule has 0 saturated carbocycles. The molecule has 0 aliphatic rings. The van der Waals surface area contributed by atoms with Crippen molar-refractivity contribution in [3.8, 4) is 11.5 Å². The van der Waals surface area contributed by atoms with Crippen LogP contribution in [-0.2, 0) is 13.0 Å². The number of hydrogen-bond donors (Lipinski definition) is 2. The van der Waals surface area contributed by atoms with Gasteiger partial charge in [-0.2, -0.15) is 0 Å². The molecule has 1 heterocycles. The van der Waals surface area contributed by atoms with Crippen LogP contribution in [0.25, 0.3) is 10.9 Å². The van der Waals surface area contributed by atoms with Gasteiger partial charge in [0.1, 0.15) is 11.5 Å². The molecule has 0 spiro atoms. The molecular weight excluding hydrogens is 312 g/mol. The second-order valence-corrected chi connectivity index (χ2v) is 6.15. The van der Waals surface area contributed by atoms with Crippen LogP contribution in [0.3, 0.4) is 0 Å². The minimum Gasteiger partial charge on any atom is -0.497 e. The summed E-state index contributed by atoms with van der Waals surface area (Å²) in [5, 5.41) is 4.78. The molecule has 3 aromatic rings. The third kappa shape index (κ3) is 4.54. The predicted octanol–water partition coefficient (Wildman–Crippen LogP) is 4.30. The number of ether oxygens (including phenoxy) is 2. The molecular formula is C21H26N2O2. The first kappa shape index (κ1) is 17.4. The van der Waals surface area contributed by atoms with Gasteiger partial charge in [0.05, 0.1) is 13.7 Å². The van der Waals surface area contributed by atoms with E-state index in [1.165, 1.54) is 16.5 Å². The van der Waals surface area contributed by atoms with E-state index in [1.54, 1.807) is 7.11 Å². The molecule has 0 unspecified atom stereocenters. The summed E-state index contributed by atoms with van der Waals surface area (Å²) in [7, 11) is 1.69. The Bertz CT molecular complexity index is 811. The highest BCUT2D eigenvalue weighted by atomic mass is 16.5. The summed E-state index contributed by atoms with van der Waals surface area (Å²) in [6, 6.07) is 14.5. The van der Waals surface area contributed by atoms with Crippen LogP contribution >= 0.6 is 0 Å². The Morgan fingerprint density at radius 2 is 2.00 bits per heavy atom. The third-order valence-electron chi connectivity index (χ3n) is 4.25. The lowest BCUT2D eigenvalue weighted by atomic mass is 10.1. The van der Waals surface area contributed by atoms with Crippen molar-refractivity contribution in [1.29, 1.82) is 0 Å². The van der Waals surface area contributed by atoms with E-state index in [4.69, 9.17) is 9.47 Å². The summed E-state index contributed by atoms with van der Waals surface area (Å²) in [5.74, 6) is 1.83. The molecule has 4 heteroatoms. The first-order valence-corrected chi connectivity index (χ1v) is 8.86. The van der Waals surface area contributed by atoms with E-state index >= 15 is 0 Å². The molecule has 0 aliphatic heterocycles. The molecule has 0 amide bonds. The van der Waals surface area contributed by atoms with Crippen LogP contribution in [0.15, 0.2) is 48.7 Å². The first-order chi connectivity index (χ1) is 12.3. The maximum Gasteiger partial charge on any atom is 0.120 e. The van der Waals surface area contributed by atoms with E-state index < -0.39 is 0 Å². The van der Waals surface area contributed by atoms with Crippen molar-refractivity contribution in [3.05, 3.63) is 59.8 Å². The summed E-state index contributed by atoms with van der Waals surface area (Å²) in [6.45, 7) is 4.66. The summed E-state index contributed by atoms with van der Waals surface area (Å²) >= 11 is 0. The first-order valence-electron chi connectivity index (χ1n) is 8.86. The van der Waals surface area contributed by atoms with Crippen LogP contribution < -0.4 is 14.8 Å². The number of hydrogen-bond acceptors (Lipinski definition) is 3. The zero-order valence-corrected chi connectivity index (χ0v) is 15.0. The fraction of sp³-hybridized carbons (Fsp3) is 0.333. The Kier molecular flexibility index (Phi) is 5.96. The molecule has 0 radical (unpaired) electrons. The molecule has 2 aromatic carbocycles. The number of H-pyrrole nitrogens is 1. The lowest BCUT2D eigenvalue weighted by Crippen LogP contribution is -2.16. The van der Waals surface area contributed by atoms with Crippen molar-refractivity contribution >= 4 is 10.9 Å². The number of aromatic nitrogens is 1. The van der Waals surface area contributed by atoms with Crippen LogP contribution in [0.4, 0.5) is 0 Å². The highest BCUT2D eigenvalue weighted by molar-refractivity contribution is 5.84. The fourth-order valence-corrected chi connectivity index (χ4v) is 2.92. The van der Waals surface area contributed by atoms with Crippen LogP contribution in [0, 0.1) is 0 Å². The number of methoxy groups -OCH3 is 1. The quantitative estimate of drug-likeness (QED) is 0.572. The number of benzene rings is 2. The van der Waals surface area contributed by atoms with Gasteiger partial charge in [0, 0.05) is 29.7 Å². The summed E-state index contributed by atoms with van der Waals surface area (Å²) in [5.41, 5.74) is 3.69. The SMILES string of the molecule is CCCOc1cccc(CNCCc2c[nH]c3cc(OC)ccc23)c1. The number of nitrogens with one attached hydrogen (secondary N) is 2. The van der Waals surface area contributed by atoms with E-state index in [0.717, 1.165) is 49.6 Å². The van der Waals surface area contributed by atoms with Crippen molar-refractivity contribution < 1.29 is 9.47 Å². The lowest BCUT2D eigenvalue weighted by Gasteiger charge is -2.08. The van der Waals surface area contributed by atoms with Crippen LogP contribution in [0.2, 0.25) is 0 Å². The standard InChI is InChI=1S/C21H26N2O2/c1-3-11-25-19-6-4-5-16(12-19)14-22-10-9-17-15-23-21-13-18(24-2)7-8-20(17)21/h4-8,12-13,15,22-23H,3,9-11,14H2,1-2H3. The zero-order valence-electron chi connectivity index (χ0n) is 15.0. The minimum absolute atomic E-state index is 0.766. The maximum absolute atomic E-state index is 5.69. The van der Waals surface area contributed by atoms with Gasteiger partial charge in [0.2, 0.25) is 0 Å². The van der Waals surface area contributed by atoms with E-state index in [-0.39, 0.29) is 0 Å². The highest BCUT2D eigenvalue weighted by Gasteiger charge is 2.05. The summed E-state index contributed by atoms with van der Waals surface area (Å²) in [4.78, 5) is 3.32. The Morgan fingerprint density at radius 1 is 1.08 bits per heavy atom. The monoisotopic (exact) mass is 338 g/mol. The van der Waals surface area contributed by atoms with E-state index in [1.807, 2.05) is 18.2 Å². The van der Waals surface area contributed by atoms with Crippen molar-refractivity contribution in [3.63, 3.8) is 0 Å². The van der Waals surface area contributed by atoms with Gasteiger partial charge in [-0.05, 0) is 54.8 Å². The predicted molar refractivity (Wildman–Crippen MR) is 102 cm³/mol. The molecule has 25 heavy (non-hydrogen) atoms. The van der Waals surface area contributed by atoms with Gasteiger partial charge in [0.15, 0.2) is 0 Å². The molecule has 0 saturated heterocycles.